The van der Waals surface area contributed by atoms with Crippen LogP contribution in [-0.4, -0.2) is 36.2 Å². The molecule has 1 N–H and O–H groups in total. The molecule has 0 fully saturated rings. The Morgan fingerprint density at radius 2 is 2.16 bits per heavy atom. The molecule has 0 aliphatic heterocycles. The van der Waals surface area contributed by atoms with Gasteiger partial charge in [0, 0.05) is 24.2 Å². The Balaban J connectivity index is 2.99. The van der Waals surface area contributed by atoms with Crippen LogP contribution in [0.1, 0.15) is 25.0 Å². The number of carboxylic acids is 1. The summed E-state index contributed by atoms with van der Waals surface area (Å²) in [6, 6.07) is 6.10. The summed E-state index contributed by atoms with van der Waals surface area (Å²) < 4.78 is 5.34. The first-order chi connectivity index (χ1) is 8.93. The molecule has 0 atom stereocenters. The zero-order valence-corrected chi connectivity index (χ0v) is 11.9. The first kappa shape index (κ1) is 15.2. The lowest BCUT2D eigenvalue weighted by Crippen LogP contribution is -2.25. The topological polar surface area (TPSA) is 49.8 Å². The summed E-state index contributed by atoms with van der Waals surface area (Å²) in [4.78, 5) is 12.7. The number of hydrogen-bond acceptors (Lipinski definition) is 3. The van der Waals surface area contributed by atoms with E-state index in [0.29, 0.717) is 6.04 Å². The highest BCUT2D eigenvalue weighted by molar-refractivity contribution is 5.85. The summed E-state index contributed by atoms with van der Waals surface area (Å²) in [6.07, 6.45) is 2.72. The third-order valence-electron chi connectivity index (χ3n) is 3.02. The van der Waals surface area contributed by atoms with Gasteiger partial charge in [-0.25, -0.2) is 4.79 Å². The third-order valence-corrected chi connectivity index (χ3v) is 3.02. The van der Waals surface area contributed by atoms with Crippen LogP contribution >= 0.6 is 0 Å². The monoisotopic (exact) mass is 263 g/mol. The fourth-order valence-electron chi connectivity index (χ4n) is 1.64. The molecule has 0 saturated carbocycles. The first-order valence-electron chi connectivity index (χ1n) is 6.22. The fraction of sp³-hybridized carbons (Fsp3) is 0.400. The summed E-state index contributed by atoms with van der Waals surface area (Å²) in [5.74, 6) is -0.128. The molecule has 0 heterocycles. The Morgan fingerprint density at radius 1 is 1.47 bits per heavy atom. The average molecular weight is 263 g/mol. The van der Waals surface area contributed by atoms with Crippen molar-refractivity contribution in [3.8, 4) is 5.75 Å². The van der Waals surface area contributed by atoms with Crippen LogP contribution in [-0.2, 0) is 11.3 Å². The van der Waals surface area contributed by atoms with Gasteiger partial charge in [-0.05, 0) is 44.7 Å². The second kappa shape index (κ2) is 6.95. The molecule has 1 rings (SSSR count). The van der Waals surface area contributed by atoms with Gasteiger partial charge in [-0.3, -0.25) is 4.90 Å². The summed E-state index contributed by atoms with van der Waals surface area (Å²) in [5.41, 5.74) is 1.90. The predicted molar refractivity (Wildman–Crippen MR) is 76.3 cm³/mol. The van der Waals surface area contributed by atoms with E-state index in [2.05, 4.69) is 18.7 Å². The first-order valence-corrected chi connectivity index (χ1v) is 6.22. The molecule has 0 amide bonds. The molecule has 1 aromatic carbocycles. The molecule has 0 bridgehead atoms. The van der Waals surface area contributed by atoms with Gasteiger partial charge in [0.1, 0.15) is 5.75 Å². The Morgan fingerprint density at radius 3 is 2.68 bits per heavy atom. The zero-order valence-electron chi connectivity index (χ0n) is 11.9. The molecule has 4 heteroatoms. The van der Waals surface area contributed by atoms with Crippen molar-refractivity contribution in [2.24, 2.45) is 0 Å². The van der Waals surface area contributed by atoms with Gasteiger partial charge < -0.3 is 9.84 Å². The van der Waals surface area contributed by atoms with Crippen molar-refractivity contribution in [2.45, 2.75) is 26.4 Å². The van der Waals surface area contributed by atoms with E-state index in [1.54, 1.807) is 13.2 Å². The van der Waals surface area contributed by atoms with Crippen LogP contribution in [0.2, 0.25) is 0 Å². The number of carboxylic acid groups (broad SMARTS) is 1. The van der Waals surface area contributed by atoms with E-state index in [-0.39, 0.29) is 0 Å². The van der Waals surface area contributed by atoms with Crippen LogP contribution in [0, 0.1) is 0 Å². The van der Waals surface area contributed by atoms with Crippen molar-refractivity contribution in [3.05, 3.63) is 35.4 Å². The molecule has 0 aliphatic rings. The molecule has 0 radical (unpaired) electrons. The highest BCUT2D eigenvalue weighted by atomic mass is 16.5. The minimum atomic E-state index is -0.948. The Bertz CT molecular complexity index is 466. The van der Waals surface area contributed by atoms with E-state index >= 15 is 0 Å². The van der Waals surface area contributed by atoms with Gasteiger partial charge in [0.05, 0.1) is 7.11 Å². The number of methoxy groups -OCH3 is 1. The van der Waals surface area contributed by atoms with Gasteiger partial charge in [-0.15, -0.1) is 0 Å². The van der Waals surface area contributed by atoms with E-state index in [1.165, 1.54) is 0 Å². The van der Waals surface area contributed by atoms with Crippen molar-refractivity contribution in [2.75, 3.05) is 14.2 Å². The maximum absolute atomic E-state index is 10.5. The van der Waals surface area contributed by atoms with E-state index < -0.39 is 5.97 Å². The molecule has 0 aromatic heterocycles. The lowest BCUT2D eigenvalue weighted by Gasteiger charge is -2.22. The minimum absolute atomic E-state index is 0.433. The molecule has 104 valence electrons. The molecule has 0 saturated heterocycles. The molecule has 1 aromatic rings. The van der Waals surface area contributed by atoms with Crippen LogP contribution < -0.4 is 4.74 Å². The molecular formula is C15H21NO3. The van der Waals surface area contributed by atoms with Gasteiger partial charge in [0.15, 0.2) is 0 Å². The average Bonchev–Trinajstić information content (AvgIpc) is 2.36. The van der Waals surface area contributed by atoms with Gasteiger partial charge >= 0.3 is 5.97 Å². The number of carbonyl (C=O) groups is 1. The number of nitrogens with zero attached hydrogens (tertiary/aromatic N) is 1. The maximum Gasteiger partial charge on any atom is 0.328 e. The summed E-state index contributed by atoms with van der Waals surface area (Å²) >= 11 is 0. The second-order valence-corrected chi connectivity index (χ2v) is 4.75. The summed E-state index contributed by atoms with van der Waals surface area (Å²) in [5, 5.41) is 8.64. The Kier molecular flexibility index (Phi) is 5.57. The standard InChI is InChI=1S/C15H21NO3/c1-11(2)16(3)10-13-9-12(6-8-15(17)18)5-7-14(13)19-4/h5-9,11H,10H2,1-4H3,(H,17,18). The van der Waals surface area contributed by atoms with E-state index in [1.807, 2.05) is 25.2 Å². The van der Waals surface area contributed by atoms with Crippen molar-refractivity contribution >= 4 is 12.0 Å². The van der Waals surface area contributed by atoms with Gasteiger partial charge in [0.2, 0.25) is 0 Å². The Labute approximate surface area is 114 Å². The van der Waals surface area contributed by atoms with Gasteiger partial charge in [-0.1, -0.05) is 6.07 Å². The van der Waals surface area contributed by atoms with Gasteiger partial charge in [-0.2, -0.15) is 0 Å². The lowest BCUT2D eigenvalue weighted by atomic mass is 10.1. The quantitative estimate of drug-likeness (QED) is 0.802. The predicted octanol–water partition coefficient (Wildman–Crippen LogP) is 2.63. The van der Waals surface area contributed by atoms with Crippen LogP contribution in [0.15, 0.2) is 24.3 Å². The van der Waals surface area contributed by atoms with Crippen molar-refractivity contribution < 1.29 is 14.6 Å². The molecule has 0 spiro atoms. The largest absolute Gasteiger partial charge is 0.496 e. The van der Waals surface area contributed by atoms with Crippen molar-refractivity contribution in [3.63, 3.8) is 0 Å². The summed E-state index contributed by atoms with van der Waals surface area (Å²) in [6.45, 7) is 5.01. The van der Waals surface area contributed by atoms with Gasteiger partial charge in [0.25, 0.3) is 0 Å². The molecular weight excluding hydrogens is 242 g/mol. The van der Waals surface area contributed by atoms with E-state index in [9.17, 15) is 4.79 Å². The van der Waals surface area contributed by atoms with Crippen LogP contribution in [0.5, 0.6) is 5.75 Å². The normalized spacial score (nSPS) is 11.5. The number of benzene rings is 1. The maximum atomic E-state index is 10.5. The van der Waals surface area contributed by atoms with E-state index in [4.69, 9.17) is 9.84 Å². The number of ether oxygens (including phenoxy) is 1. The molecule has 19 heavy (non-hydrogen) atoms. The lowest BCUT2D eigenvalue weighted by molar-refractivity contribution is -0.131. The molecule has 0 unspecified atom stereocenters. The third kappa shape index (κ3) is 4.75. The van der Waals surface area contributed by atoms with Crippen LogP contribution in [0.3, 0.4) is 0 Å². The molecule has 4 nitrogen and oxygen atoms in total. The zero-order chi connectivity index (χ0) is 14.4. The number of hydrogen-bond donors (Lipinski definition) is 1. The minimum Gasteiger partial charge on any atom is -0.496 e. The van der Waals surface area contributed by atoms with Crippen molar-refractivity contribution in [1.82, 2.24) is 4.90 Å². The summed E-state index contributed by atoms with van der Waals surface area (Å²) in [7, 11) is 3.69. The van der Waals surface area contributed by atoms with E-state index in [0.717, 1.165) is 29.5 Å². The highest BCUT2D eigenvalue weighted by Gasteiger charge is 2.09. The highest BCUT2D eigenvalue weighted by Crippen LogP contribution is 2.22. The molecule has 0 aliphatic carbocycles. The number of aliphatic carboxylic acids is 1. The fourth-order valence-corrected chi connectivity index (χ4v) is 1.64. The van der Waals surface area contributed by atoms with Crippen LogP contribution in [0.25, 0.3) is 6.08 Å². The number of rotatable bonds is 6. The van der Waals surface area contributed by atoms with Crippen molar-refractivity contribution in [1.29, 1.82) is 0 Å². The van der Waals surface area contributed by atoms with Crippen LogP contribution in [0.4, 0.5) is 0 Å². The Hall–Kier alpha value is -1.81. The SMILES string of the molecule is COc1ccc(C=CC(=O)O)cc1CN(C)C(C)C. The smallest absolute Gasteiger partial charge is 0.328 e. The second-order valence-electron chi connectivity index (χ2n) is 4.75.